The first-order valence-corrected chi connectivity index (χ1v) is 13.3. The molecule has 0 heterocycles. The van der Waals surface area contributed by atoms with Crippen LogP contribution in [0.5, 0.6) is 5.75 Å². The van der Waals surface area contributed by atoms with Crippen LogP contribution in [0.3, 0.4) is 0 Å². The van der Waals surface area contributed by atoms with Crippen LogP contribution in [0.15, 0.2) is 24.3 Å². The summed E-state index contributed by atoms with van der Waals surface area (Å²) in [6, 6.07) is 8.52. The van der Waals surface area contributed by atoms with Gasteiger partial charge in [-0.15, -0.1) is 0 Å². The third-order valence-corrected chi connectivity index (χ3v) is 4.19. The molecule has 0 spiro atoms. The Kier molecular flexibility index (Phi) is 9.48. The van der Waals surface area contributed by atoms with Gasteiger partial charge in [-0.05, 0) is 0 Å². The van der Waals surface area contributed by atoms with Crippen molar-refractivity contribution in [2.45, 2.75) is 38.0 Å². The first-order valence-electron chi connectivity index (χ1n) is 5.58. The Morgan fingerprint density at radius 3 is 2.14 bits per heavy atom. The van der Waals surface area contributed by atoms with Crippen molar-refractivity contribution in [3.05, 3.63) is 29.8 Å². The molecule has 1 aromatic rings. The summed E-state index contributed by atoms with van der Waals surface area (Å²) < 4.78 is 7.78. The minimum atomic E-state index is -0.939. The van der Waals surface area contributed by atoms with Crippen molar-refractivity contribution in [3.8, 4) is 5.75 Å². The topological polar surface area (TPSA) is 9.23 Å². The third-order valence-electron chi connectivity index (χ3n) is 1.77. The van der Waals surface area contributed by atoms with Gasteiger partial charge >= 0.3 is 87.5 Å². The summed E-state index contributed by atoms with van der Waals surface area (Å²) >= 11 is -0.939. The summed E-state index contributed by atoms with van der Waals surface area (Å²) in [4.78, 5) is 0. The Morgan fingerprint density at radius 2 is 1.71 bits per heavy atom. The first kappa shape index (κ1) is 14.0. The van der Waals surface area contributed by atoms with E-state index in [2.05, 4.69) is 35.6 Å². The SMILES string of the molecule is CC.CCCc1ccc([O][Hg][CH3])cc1. The zero-order valence-corrected chi connectivity index (χ0v) is 15.3. The number of hydrogen-bond acceptors (Lipinski definition) is 1. The van der Waals surface area contributed by atoms with Gasteiger partial charge in [-0.2, -0.15) is 0 Å². The van der Waals surface area contributed by atoms with Gasteiger partial charge in [0, 0.05) is 0 Å². The molecular weight excluding hydrogens is 361 g/mol. The summed E-state index contributed by atoms with van der Waals surface area (Å²) in [5.41, 5.74) is 1.41. The van der Waals surface area contributed by atoms with E-state index < -0.39 is 25.0 Å². The molecule has 2 heteroatoms. The van der Waals surface area contributed by atoms with E-state index in [4.69, 9.17) is 2.64 Å². The molecule has 0 aromatic heterocycles. The van der Waals surface area contributed by atoms with Gasteiger partial charge in [-0.1, -0.05) is 13.8 Å². The van der Waals surface area contributed by atoms with Gasteiger partial charge < -0.3 is 0 Å². The molecule has 0 saturated heterocycles. The number of aryl methyl sites for hydroxylation is 1. The van der Waals surface area contributed by atoms with Crippen molar-refractivity contribution in [3.63, 3.8) is 0 Å². The molecule has 0 amide bonds. The molecule has 1 aromatic carbocycles. The van der Waals surface area contributed by atoms with E-state index in [9.17, 15) is 0 Å². The first-order chi connectivity index (χ1) is 6.86. The molecule has 0 aliphatic heterocycles. The van der Waals surface area contributed by atoms with Crippen molar-refractivity contribution >= 4 is 0 Å². The average Bonchev–Trinajstić information content (AvgIpc) is 2.25. The van der Waals surface area contributed by atoms with Gasteiger partial charge in [0.05, 0.1) is 0 Å². The predicted octanol–water partition coefficient (Wildman–Crippen LogP) is 4.09. The van der Waals surface area contributed by atoms with Crippen molar-refractivity contribution < 1.29 is 27.7 Å². The monoisotopic (exact) mass is 382 g/mol. The minimum absolute atomic E-state index is 0.939. The normalized spacial score (nSPS) is 8.29. The van der Waals surface area contributed by atoms with Crippen LogP contribution < -0.4 is 2.64 Å². The summed E-state index contributed by atoms with van der Waals surface area (Å²) in [5, 5.41) is 0. The molecule has 1 rings (SSSR count). The van der Waals surface area contributed by atoms with Crippen LogP contribution >= 0.6 is 0 Å². The van der Waals surface area contributed by atoms with E-state index >= 15 is 0 Å². The molecule has 0 N–H and O–H groups in total. The summed E-state index contributed by atoms with van der Waals surface area (Å²) in [5.74, 6) is 1.07. The average molecular weight is 381 g/mol. The molecule has 0 saturated carbocycles. The third kappa shape index (κ3) is 5.64. The van der Waals surface area contributed by atoms with Crippen molar-refractivity contribution in [1.29, 1.82) is 0 Å². The van der Waals surface area contributed by atoms with Crippen molar-refractivity contribution in [1.82, 2.24) is 0 Å². The molecule has 76 valence electrons. The van der Waals surface area contributed by atoms with Crippen LogP contribution in [0, 0.1) is 0 Å². The van der Waals surface area contributed by atoms with E-state index in [0.717, 1.165) is 5.75 Å². The molecule has 0 bridgehead atoms. The number of benzene rings is 1. The second-order valence-corrected chi connectivity index (χ2v) is 6.19. The molecule has 0 aliphatic carbocycles. The molecular formula is C12H20HgO. The van der Waals surface area contributed by atoms with Crippen LogP contribution in [0.4, 0.5) is 0 Å². The second-order valence-electron chi connectivity index (χ2n) is 2.83. The second kappa shape index (κ2) is 9.51. The van der Waals surface area contributed by atoms with Crippen molar-refractivity contribution in [2.24, 2.45) is 0 Å². The Labute approximate surface area is 101 Å². The van der Waals surface area contributed by atoms with Gasteiger partial charge in [-0.25, -0.2) is 0 Å². The predicted molar refractivity (Wildman–Crippen MR) is 58.3 cm³/mol. The standard InChI is InChI=1S/C9H12O.C2H6.CH3.Hg/c1-2-3-8-4-6-9(10)7-5-8;1-2;;/h4-7,10H,2-3H2,1H3;1-2H3;1H3;/q;;;+1/p-1. The van der Waals surface area contributed by atoms with E-state index in [-0.39, 0.29) is 0 Å². The van der Waals surface area contributed by atoms with Crippen molar-refractivity contribution in [2.75, 3.05) is 0 Å². The molecule has 14 heavy (non-hydrogen) atoms. The molecule has 0 unspecified atom stereocenters. The Hall–Kier alpha value is -0.0449. The van der Waals surface area contributed by atoms with Gasteiger partial charge in [0.15, 0.2) is 0 Å². The Bertz CT molecular complexity index is 193. The number of rotatable bonds is 4. The Morgan fingerprint density at radius 1 is 1.14 bits per heavy atom. The van der Waals surface area contributed by atoms with Gasteiger partial charge in [-0.3, -0.25) is 0 Å². The quantitative estimate of drug-likeness (QED) is 0.715. The van der Waals surface area contributed by atoms with E-state index in [1.807, 2.05) is 13.8 Å². The zero-order valence-electron chi connectivity index (χ0n) is 9.84. The molecule has 0 aliphatic rings. The summed E-state index contributed by atoms with van der Waals surface area (Å²) in [6.45, 7) is 6.20. The van der Waals surface area contributed by atoms with E-state index in [1.165, 1.54) is 18.4 Å². The zero-order chi connectivity index (χ0) is 10.8. The Balaban J connectivity index is 0.000000791. The number of hydrogen-bond donors (Lipinski definition) is 0. The fourth-order valence-electron chi connectivity index (χ4n) is 1.21. The van der Waals surface area contributed by atoms with Gasteiger partial charge in [0.2, 0.25) is 0 Å². The summed E-state index contributed by atoms with van der Waals surface area (Å²) in [7, 11) is 0. The fourth-order valence-corrected chi connectivity index (χ4v) is 3.25. The van der Waals surface area contributed by atoms with Gasteiger partial charge in [0.1, 0.15) is 0 Å². The maximum absolute atomic E-state index is 5.56. The maximum atomic E-state index is 5.56. The van der Waals surface area contributed by atoms with Crippen LogP contribution in [0.25, 0.3) is 0 Å². The van der Waals surface area contributed by atoms with E-state index in [1.54, 1.807) is 0 Å². The molecule has 0 atom stereocenters. The molecule has 1 nitrogen and oxygen atoms in total. The van der Waals surface area contributed by atoms with Crippen LogP contribution in [-0.2, 0) is 31.5 Å². The van der Waals surface area contributed by atoms with Crippen LogP contribution in [-0.4, -0.2) is 0 Å². The van der Waals surface area contributed by atoms with Gasteiger partial charge in [0.25, 0.3) is 0 Å². The van der Waals surface area contributed by atoms with Crippen LogP contribution in [0.1, 0.15) is 32.8 Å². The fraction of sp³-hybridized carbons (Fsp3) is 0.500. The molecule has 0 radical (unpaired) electrons. The summed E-state index contributed by atoms with van der Waals surface area (Å²) in [6.07, 6.45) is 2.39. The molecule has 0 fully saturated rings. The van der Waals surface area contributed by atoms with Crippen LogP contribution in [0.2, 0.25) is 4.43 Å². The van der Waals surface area contributed by atoms with E-state index in [0.29, 0.717) is 0 Å².